The molecule has 0 unspecified atom stereocenters. The van der Waals surface area contributed by atoms with E-state index in [1.165, 1.54) is 12.1 Å². The Kier molecular flexibility index (Phi) is 6.15. The standard InChI is InChI=1S/C26H23N5O3S/c1-2-34-21-14-12-19(13-15-21)30-25(24(28-26(30)35)22-6-3-4-16-27-22)23-7-5-17-29(23)18-8-10-20(11-9-18)31(32)33/h3-17,24-25H,2H2,1H3,(H,28,35)/t24-,25+/m1/s1. The molecule has 1 saturated heterocycles. The minimum atomic E-state index is -0.398. The first-order valence-corrected chi connectivity index (χ1v) is 11.6. The van der Waals surface area contributed by atoms with E-state index in [1.54, 1.807) is 18.3 Å². The highest BCUT2D eigenvalue weighted by Crippen LogP contribution is 2.42. The molecule has 0 spiro atoms. The molecule has 0 bridgehead atoms. The second-order valence-electron chi connectivity index (χ2n) is 8.00. The van der Waals surface area contributed by atoms with E-state index in [-0.39, 0.29) is 17.8 Å². The Bertz CT molecular complexity index is 1340. The first-order chi connectivity index (χ1) is 17.1. The molecule has 2 atom stereocenters. The third kappa shape index (κ3) is 4.33. The van der Waals surface area contributed by atoms with Crippen LogP contribution in [-0.2, 0) is 0 Å². The van der Waals surface area contributed by atoms with Crippen molar-refractivity contribution in [1.29, 1.82) is 0 Å². The second-order valence-corrected chi connectivity index (χ2v) is 8.39. The van der Waals surface area contributed by atoms with Crippen molar-refractivity contribution in [3.63, 3.8) is 0 Å². The Labute approximate surface area is 207 Å². The van der Waals surface area contributed by atoms with E-state index < -0.39 is 4.92 Å². The molecule has 5 rings (SSSR count). The van der Waals surface area contributed by atoms with Crippen LogP contribution in [0.2, 0.25) is 0 Å². The summed E-state index contributed by atoms with van der Waals surface area (Å²) >= 11 is 5.81. The predicted octanol–water partition coefficient (Wildman–Crippen LogP) is 5.36. The number of pyridine rings is 1. The summed E-state index contributed by atoms with van der Waals surface area (Å²) < 4.78 is 7.64. The van der Waals surface area contributed by atoms with Gasteiger partial charge in [0.15, 0.2) is 5.11 Å². The largest absolute Gasteiger partial charge is 0.494 e. The van der Waals surface area contributed by atoms with Gasteiger partial charge in [0.25, 0.3) is 5.69 Å². The molecule has 2 aromatic carbocycles. The van der Waals surface area contributed by atoms with Gasteiger partial charge in [-0.05, 0) is 79.8 Å². The molecule has 0 amide bonds. The van der Waals surface area contributed by atoms with Crippen LogP contribution >= 0.6 is 12.2 Å². The number of aromatic nitrogens is 2. The molecule has 176 valence electrons. The van der Waals surface area contributed by atoms with Crippen molar-refractivity contribution in [2.75, 3.05) is 11.5 Å². The van der Waals surface area contributed by atoms with E-state index in [4.69, 9.17) is 17.0 Å². The van der Waals surface area contributed by atoms with Crippen molar-refractivity contribution in [3.8, 4) is 11.4 Å². The first kappa shape index (κ1) is 22.5. The molecule has 8 nitrogen and oxygen atoms in total. The van der Waals surface area contributed by atoms with E-state index in [0.717, 1.165) is 28.5 Å². The molecule has 1 aliphatic heterocycles. The van der Waals surface area contributed by atoms with Crippen molar-refractivity contribution in [1.82, 2.24) is 14.9 Å². The number of benzene rings is 2. The van der Waals surface area contributed by atoms with Gasteiger partial charge in [-0.1, -0.05) is 6.07 Å². The van der Waals surface area contributed by atoms with E-state index in [1.807, 2.05) is 72.3 Å². The van der Waals surface area contributed by atoms with Crippen LogP contribution in [0.4, 0.5) is 11.4 Å². The Hall–Kier alpha value is -4.24. The minimum Gasteiger partial charge on any atom is -0.494 e. The molecule has 1 fully saturated rings. The number of nitro groups is 1. The van der Waals surface area contributed by atoms with Gasteiger partial charge < -0.3 is 19.5 Å². The van der Waals surface area contributed by atoms with Crippen LogP contribution in [0.15, 0.2) is 91.3 Å². The van der Waals surface area contributed by atoms with Gasteiger partial charge in [-0.3, -0.25) is 15.1 Å². The van der Waals surface area contributed by atoms with Gasteiger partial charge in [0.1, 0.15) is 11.8 Å². The van der Waals surface area contributed by atoms with Gasteiger partial charge in [-0.15, -0.1) is 0 Å². The first-order valence-electron chi connectivity index (χ1n) is 11.2. The number of ether oxygens (including phenoxy) is 1. The quantitative estimate of drug-likeness (QED) is 0.214. The summed E-state index contributed by atoms with van der Waals surface area (Å²) in [7, 11) is 0. The fraction of sp³-hybridized carbons (Fsp3) is 0.154. The molecule has 0 radical (unpaired) electrons. The lowest BCUT2D eigenvalue weighted by Gasteiger charge is -2.29. The van der Waals surface area contributed by atoms with Gasteiger partial charge >= 0.3 is 0 Å². The Morgan fingerprint density at radius 1 is 1.03 bits per heavy atom. The molecule has 3 heterocycles. The average molecular weight is 486 g/mol. The van der Waals surface area contributed by atoms with Crippen LogP contribution in [0.5, 0.6) is 5.75 Å². The number of anilines is 1. The van der Waals surface area contributed by atoms with Crippen molar-refractivity contribution < 1.29 is 9.66 Å². The Balaban J connectivity index is 1.60. The highest BCUT2D eigenvalue weighted by molar-refractivity contribution is 7.80. The van der Waals surface area contributed by atoms with Gasteiger partial charge in [0.2, 0.25) is 0 Å². The SMILES string of the molecule is CCOc1ccc(N2C(=S)N[C@H](c3ccccn3)[C@@H]2c2cccn2-c2ccc([N+](=O)[O-])cc2)cc1. The normalized spacial score (nSPS) is 17.3. The van der Waals surface area contributed by atoms with Gasteiger partial charge in [-0.25, -0.2) is 0 Å². The summed E-state index contributed by atoms with van der Waals surface area (Å²) in [6, 6.07) is 23.8. The van der Waals surface area contributed by atoms with Gasteiger partial charge in [-0.2, -0.15) is 0 Å². The maximum absolute atomic E-state index is 11.1. The number of rotatable bonds is 7. The number of hydrogen-bond acceptors (Lipinski definition) is 5. The zero-order valence-electron chi connectivity index (χ0n) is 18.9. The molecule has 1 N–H and O–H groups in total. The zero-order valence-corrected chi connectivity index (χ0v) is 19.8. The smallest absolute Gasteiger partial charge is 0.269 e. The highest BCUT2D eigenvalue weighted by atomic mass is 32.1. The maximum atomic E-state index is 11.1. The zero-order chi connectivity index (χ0) is 24.4. The lowest BCUT2D eigenvalue weighted by atomic mass is 10.0. The number of non-ortho nitro benzene ring substituents is 1. The summed E-state index contributed by atoms with van der Waals surface area (Å²) in [4.78, 5) is 17.4. The van der Waals surface area contributed by atoms with E-state index in [2.05, 4.69) is 15.2 Å². The molecule has 1 aliphatic rings. The summed E-state index contributed by atoms with van der Waals surface area (Å²) in [5, 5.41) is 15.2. The van der Waals surface area contributed by atoms with Crippen LogP contribution in [0.3, 0.4) is 0 Å². The van der Waals surface area contributed by atoms with Crippen LogP contribution in [0, 0.1) is 10.1 Å². The van der Waals surface area contributed by atoms with E-state index >= 15 is 0 Å². The van der Waals surface area contributed by atoms with Crippen LogP contribution in [-0.4, -0.2) is 26.2 Å². The number of nitrogens with one attached hydrogen (secondary N) is 1. The molecule has 4 aromatic rings. The fourth-order valence-corrected chi connectivity index (χ4v) is 4.75. The molecule has 2 aromatic heterocycles. The molecular weight excluding hydrogens is 462 g/mol. The van der Waals surface area contributed by atoms with Crippen molar-refractivity contribution in [2.45, 2.75) is 19.0 Å². The van der Waals surface area contributed by atoms with Crippen molar-refractivity contribution in [3.05, 3.63) is 113 Å². The summed E-state index contributed by atoms with van der Waals surface area (Å²) in [5.74, 6) is 0.793. The average Bonchev–Trinajstić information content (AvgIpc) is 3.50. The highest BCUT2D eigenvalue weighted by Gasteiger charge is 2.42. The Morgan fingerprint density at radius 3 is 2.43 bits per heavy atom. The molecule has 9 heteroatoms. The van der Waals surface area contributed by atoms with Crippen LogP contribution in [0.25, 0.3) is 5.69 Å². The number of nitro benzene ring substituents is 1. The van der Waals surface area contributed by atoms with Crippen molar-refractivity contribution in [2.24, 2.45) is 0 Å². The van der Waals surface area contributed by atoms with Gasteiger partial charge in [0.05, 0.1) is 23.3 Å². The second kappa shape index (κ2) is 9.55. The predicted molar refractivity (Wildman–Crippen MR) is 138 cm³/mol. The molecular formula is C26H23N5O3S. The summed E-state index contributed by atoms with van der Waals surface area (Å²) in [6.07, 6.45) is 3.72. The fourth-order valence-electron chi connectivity index (χ4n) is 4.41. The van der Waals surface area contributed by atoms with E-state index in [0.29, 0.717) is 11.7 Å². The monoisotopic (exact) mass is 485 g/mol. The lowest BCUT2D eigenvalue weighted by molar-refractivity contribution is -0.384. The third-order valence-electron chi connectivity index (χ3n) is 5.95. The van der Waals surface area contributed by atoms with E-state index in [9.17, 15) is 10.1 Å². The van der Waals surface area contributed by atoms with Crippen LogP contribution in [0.1, 0.15) is 30.4 Å². The van der Waals surface area contributed by atoms with Gasteiger partial charge in [0, 0.05) is 41.6 Å². The molecule has 0 saturated carbocycles. The number of hydrogen-bond donors (Lipinski definition) is 1. The number of nitrogens with zero attached hydrogens (tertiary/aromatic N) is 4. The minimum absolute atomic E-state index is 0.0496. The van der Waals surface area contributed by atoms with Crippen molar-refractivity contribution >= 4 is 28.7 Å². The maximum Gasteiger partial charge on any atom is 0.269 e. The molecule has 0 aliphatic carbocycles. The number of thiocarbonyl (C=S) groups is 1. The Morgan fingerprint density at radius 2 is 1.77 bits per heavy atom. The molecule has 35 heavy (non-hydrogen) atoms. The summed E-state index contributed by atoms with van der Waals surface area (Å²) in [5.41, 5.74) is 3.62. The van der Waals surface area contributed by atoms with Crippen LogP contribution < -0.4 is 15.0 Å². The third-order valence-corrected chi connectivity index (χ3v) is 6.26. The lowest BCUT2D eigenvalue weighted by Crippen LogP contribution is -2.30. The topological polar surface area (TPSA) is 85.5 Å². The summed E-state index contributed by atoms with van der Waals surface area (Å²) in [6.45, 7) is 2.55.